The second-order valence-electron chi connectivity index (χ2n) is 6.89. The van der Waals surface area contributed by atoms with E-state index in [1.807, 2.05) is 16.8 Å². The maximum atomic E-state index is 5.86. The number of tetrazole rings is 1. The van der Waals surface area contributed by atoms with Crippen LogP contribution in [0.25, 0.3) is 0 Å². The lowest BCUT2D eigenvalue weighted by Gasteiger charge is -2.25. The molecule has 2 fully saturated rings. The number of nitrogens with zero attached hydrogens (tertiary/aromatic N) is 5. The lowest BCUT2D eigenvalue weighted by atomic mass is 10.1. The van der Waals surface area contributed by atoms with Crippen molar-refractivity contribution in [2.24, 2.45) is 0 Å². The summed E-state index contributed by atoms with van der Waals surface area (Å²) in [6.45, 7) is 3.27. The first-order valence-corrected chi connectivity index (χ1v) is 9.06. The van der Waals surface area contributed by atoms with E-state index in [1.54, 1.807) is 7.11 Å². The van der Waals surface area contributed by atoms with Crippen LogP contribution in [0.1, 0.15) is 43.1 Å². The van der Waals surface area contributed by atoms with Crippen molar-refractivity contribution in [1.82, 2.24) is 25.1 Å². The van der Waals surface area contributed by atoms with Crippen molar-refractivity contribution in [2.75, 3.05) is 20.3 Å². The molecule has 0 spiro atoms. The molecule has 1 aliphatic carbocycles. The summed E-state index contributed by atoms with van der Waals surface area (Å²) in [5.74, 6) is 1.86. The molecule has 1 aromatic carbocycles. The van der Waals surface area contributed by atoms with Crippen LogP contribution in [-0.4, -0.2) is 51.5 Å². The monoisotopic (exact) mass is 343 g/mol. The minimum atomic E-state index is 0.292. The summed E-state index contributed by atoms with van der Waals surface area (Å²) >= 11 is 0. The molecule has 2 aromatic rings. The van der Waals surface area contributed by atoms with Gasteiger partial charge < -0.3 is 9.47 Å². The first-order valence-electron chi connectivity index (χ1n) is 9.06. The SMILES string of the molecule is COc1ccccc1CN(Cc1nnnn1C1CC1)CC1CCCO1. The molecule has 2 aliphatic rings. The molecule has 4 rings (SSSR count). The Labute approximate surface area is 147 Å². The van der Waals surface area contributed by atoms with Crippen LogP contribution in [-0.2, 0) is 17.8 Å². The van der Waals surface area contributed by atoms with E-state index >= 15 is 0 Å². The normalized spacial score (nSPS) is 20.3. The van der Waals surface area contributed by atoms with E-state index in [0.717, 1.165) is 50.7 Å². The number of ether oxygens (including phenoxy) is 2. The molecule has 2 heterocycles. The molecule has 1 atom stereocenters. The van der Waals surface area contributed by atoms with Gasteiger partial charge in [-0.3, -0.25) is 4.90 Å². The molecule has 0 bridgehead atoms. The van der Waals surface area contributed by atoms with Crippen LogP contribution in [0.15, 0.2) is 24.3 Å². The van der Waals surface area contributed by atoms with Gasteiger partial charge in [-0.05, 0) is 42.2 Å². The minimum Gasteiger partial charge on any atom is -0.496 e. The summed E-state index contributed by atoms with van der Waals surface area (Å²) in [7, 11) is 1.72. The zero-order valence-electron chi connectivity index (χ0n) is 14.7. The van der Waals surface area contributed by atoms with Gasteiger partial charge in [0.1, 0.15) is 5.75 Å². The van der Waals surface area contributed by atoms with Crippen molar-refractivity contribution < 1.29 is 9.47 Å². The van der Waals surface area contributed by atoms with E-state index in [-0.39, 0.29) is 0 Å². The van der Waals surface area contributed by atoms with E-state index in [2.05, 4.69) is 32.6 Å². The number of hydrogen-bond acceptors (Lipinski definition) is 6. The first-order chi connectivity index (χ1) is 12.3. The maximum absolute atomic E-state index is 5.86. The number of rotatable bonds is 8. The molecule has 1 unspecified atom stereocenters. The zero-order valence-corrected chi connectivity index (χ0v) is 14.7. The number of benzene rings is 1. The Bertz CT molecular complexity index is 694. The third-order valence-electron chi connectivity index (χ3n) is 4.89. The topological polar surface area (TPSA) is 65.3 Å². The quantitative estimate of drug-likeness (QED) is 0.732. The van der Waals surface area contributed by atoms with Gasteiger partial charge in [0.2, 0.25) is 0 Å². The first kappa shape index (κ1) is 16.5. The molecule has 1 aliphatic heterocycles. The van der Waals surface area contributed by atoms with Crippen molar-refractivity contribution in [2.45, 2.75) is 50.9 Å². The summed E-state index contributed by atoms with van der Waals surface area (Å²) in [6, 6.07) is 8.66. The second kappa shape index (κ2) is 7.49. The highest BCUT2D eigenvalue weighted by Gasteiger charge is 2.29. The van der Waals surface area contributed by atoms with Gasteiger partial charge in [-0.15, -0.1) is 5.10 Å². The Morgan fingerprint density at radius 2 is 2.12 bits per heavy atom. The van der Waals surface area contributed by atoms with Crippen molar-refractivity contribution in [3.05, 3.63) is 35.7 Å². The van der Waals surface area contributed by atoms with Gasteiger partial charge in [-0.25, -0.2) is 4.68 Å². The summed E-state index contributed by atoms with van der Waals surface area (Å²) in [6.07, 6.45) is 4.91. The number of aromatic nitrogens is 4. The van der Waals surface area contributed by atoms with Gasteiger partial charge in [0.15, 0.2) is 5.82 Å². The van der Waals surface area contributed by atoms with Crippen LogP contribution in [0, 0.1) is 0 Å². The van der Waals surface area contributed by atoms with Gasteiger partial charge in [0, 0.05) is 25.3 Å². The van der Waals surface area contributed by atoms with Crippen LogP contribution in [0.3, 0.4) is 0 Å². The third-order valence-corrected chi connectivity index (χ3v) is 4.89. The standard InChI is InChI=1S/C18H25N5O2/c1-24-17-7-3-2-5-14(17)11-22(12-16-6-4-10-25-16)13-18-19-20-21-23(18)15-8-9-15/h2-3,5,7,15-16H,4,6,8-13H2,1H3. The van der Waals surface area contributed by atoms with E-state index < -0.39 is 0 Å². The molecule has 0 N–H and O–H groups in total. The molecule has 0 amide bonds. The molecule has 0 radical (unpaired) electrons. The van der Waals surface area contributed by atoms with Crippen LogP contribution in [0.2, 0.25) is 0 Å². The number of para-hydroxylation sites is 1. The van der Waals surface area contributed by atoms with E-state index in [9.17, 15) is 0 Å². The summed E-state index contributed by atoms with van der Waals surface area (Å²) in [5.41, 5.74) is 1.17. The fourth-order valence-corrected chi connectivity index (χ4v) is 3.45. The average molecular weight is 343 g/mol. The van der Waals surface area contributed by atoms with E-state index in [0.29, 0.717) is 12.1 Å². The summed E-state index contributed by atoms with van der Waals surface area (Å²) in [5, 5.41) is 12.3. The molecular formula is C18H25N5O2. The van der Waals surface area contributed by atoms with E-state index in [4.69, 9.17) is 9.47 Å². The fraction of sp³-hybridized carbons (Fsp3) is 0.611. The molecule has 7 heteroatoms. The Morgan fingerprint density at radius 3 is 2.88 bits per heavy atom. The predicted octanol–water partition coefficient (Wildman–Crippen LogP) is 2.20. The lowest BCUT2D eigenvalue weighted by Crippen LogP contribution is -2.32. The van der Waals surface area contributed by atoms with Crippen molar-refractivity contribution in [3.8, 4) is 5.75 Å². The highest BCUT2D eigenvalue weighted by molar-refractivity contribution is 5.33. The second-order valence-corrected chi connectivity index (χ2v) is 6.89. The van der Waals surface area contributed by atoms with Gasteiger partial charge >= 0.3 is 0 Å². The van der Waals surface area contributed by atoms with Crippen LogP contribution in [0.5, 0.6) is 5.75 Å². The molecule has 1 saturated carbocycles. The maximum Gasteiger partial charge on any atom is 0.165 e. The van der Waals surface area contributed by atoms with Crippen molar-refractivity contribution >= 4 is 0 Å². The summed E-state index contributed by atoms with van der Waals surface area (Å²) < 4.78 is 13.4. The number of hydrogen-bond donors (Lipinski definition) is 0. The van der Waals surface area contributed by atoms with Crippen LogP contribution in [0.4, 0.5) is 0 Å². The Hall–Kier alpha value is -1.99. The third kappa shape index (κ3) is 3.99. The largest absolute Gasteiger partial charge is 0.496 e. The van der Waals surface area contributed by atoms with Gasteiger partial charge in [0.05, 0.1) is 25.8 Å². The van der Waals surface area contributed by atoms with Gasteiger partial charge in [-0.1, -0.05) is 18.2 Å². The zero-order chi connectivity index (χ0) is 17.1. The minimum absolute atomic E-state index is 0.292. The highest BCUT2D eigenvalue weighted by Crippen LogP contribution is 2.34. The fourth-order valence-electron chi connectivity index (χ4n) is 3.45. The Kier molecular flexibility index (Phi) is 4.94. The van der Waals surface area contributed by atoms with Gasteiger partial charge in [0.25, 0.3) is 0 Å². The molecular weight excluding hydrogens is 318 g/mol. The Morgan fingerprint density at radius 1 is 1.24 bits per heavy atom. The van der Waals surface area contributed by atoms with Crippen molar-refractivity contribution in [1.29, 1.82) is 0 Å². The van der Waals surface area contributed by atoms with Gasteiger partial charge in [-0.2, -0.15) is 0 Å². The molecule has 134 valence electrons. The van der Waals surface area contributed by atoms with Crippen molar-refractivity contribution in [3.63, 3.8) is 0 Å². The number of methoxy groups -OCH3 is 1. The van der Waals surface area contributed by atoms with E-state index in [1.165, 1.54) is 18.4 Å². The molecule has 1 saturated heterocycles. The predicted molar refractivity (Wildman–Crippen MR) is 92.2 cm³/mol. The lowest BCUT2D eigenvalue weighted by molar-refractivity contribution is 0.0661. The van der Waals surface area contributed by atoms with Crippen LogP contribution >= 0.6 is 0 Å². The van der Waals surface area contributed by atoms with Crippen LogP contribution < -0.4 is 4.74 Å². The highest BCUT2D eigenvalue weighted by atomic mass is 16.5. The Balaban J connectivity index is 1.51. The molecule has 1 aromatic heterocycles. The molecule has 25 heavy (non-hydrogen) atoms. The summed E-state index contributed by atoms with van der Waals surface area (Å²) in [4.78, 5) is 2.37. The smallest absolute Gasteiger partial charge is 0.165 e. The average Bonchev–Trinajstić information content (AvgIpc) is 3.14. The molecule has 7 nitrogen and oxygen atoms in total.